The van der Waals surface area contributed by atoms with Gasteiger partial charge < -0.3 is 9.84 Å². The molecule has 0 amide bonds. The van der Waals surface area contributed by atoms with Crippen LogP contribution in [-0.4, -0.2) is 11.7 Å². The molecule has 0 heterocycles. The Labute approximate surface area is 117 Å². The molecule has 2 nitrogen and oxygen atoms in total. The normalized spacial score (nSPS) is 9.70. The van der Waals surface area contributed by atoms with Gasteiger partial charge in [0.15, 0.2) is 0 Å². The van der Waals surface area contributed by atoms with Crippen LogP contribution in [0.15, 0.2) is 48.5 Å². The summed E-state index contributed by atoms with van der Waals surface area (Å²) in [6.45, 7) is 0.263. The SMILES string of the molecule is OCCC#Cc1ccc(OCc2ccccc2F)cc1. The molecule has 0 unspecified atom stereocenters. The number of hydrogen-bond acceptors (Lipinski definition) is 2. The fourth-order valence-electron chi connectivity index (χ4n) is 1.63. The molecular formula is C17H15FO2. The summed E-state index contributed by atoms with van der Waals surface area (Å²) in [6, 6.07) is 13.8. The Kier molecular flexibility index (Phi) is 5.16. The molecule has 0 spiro atoms. The third-order valence-corrected chi connectivity index (χ3v) is 2.68. The van der Waals surface area contributed by atoms with E-state index < -0.39 is 0 Å². The van der Waals surface area contributed by atoms with Crippen LogP contribution in [0.4, 0.5) is 4.39 Å². The Hall–Kier alpha value is -2.31. The molecule has 2 rings (SSSR count). The minimum Gasteiger partial charge on any atom is -0.489 e. The highest BCUT2D eigenvalue weighted by atomic mass is 19.1. The van der Waals surface area contributed by atoms with Crippen LogP contribution < -0.4 is 4.74 Å². The van der Waals surface area contributed by atoms with E-state index in [-0.39, 0.29) is 19.0 Å². The first kappa shape index (κ1) is 14.1. The van der Waals surface area contributed by atoms with Crippen molar-refractivity contribution in [1.29, 1.82) is 0 Å². The second kappa shape index (κ2) is 7.32. The predicted octanol–water partition coefficient (Wildman–Crippen LogP) is 3.14. The van der Waals surface area contributed by atoms with E-state index in [4.69, 9.17) is 9.84 Å². The molecule has 1 N–H and O–H groups in total. The summed E-state index contributed by atoms with van der Waals surface area (Å²) in [5, 5.41) is 8.64. The first-order valence-corrected chi connectivity index (χ1v) is 6.35. The highest BCUT2D eigenvalue weighted by Gasteiger charge is 2.01. The van der Waals surface area contributed by atoms with Crippen molar-refractivity contribution in [2.45, 2.75) is 13.0 Å². The molecule has 0 aromatic heterocycles. The van der Waals surface area contributed by atoms with Crippen LogP contribution in [0.25, 0.3) is 0 Å². The number of halogens is 1. The molecule has 0 bridgehead atoms. The Morgan fingerprint density at radius 2 is 1.80 bits per heavy atom. The standard InChI is InChI=1S/C17H15FO2/c18-17-7-2-1-6-15(17)13-20-16-10-8-14(9-11-16)5-3-4-12-19/h1-2,6-11,19H,4,12-13H2. The van der Waals surface area contributed by atoms with Gasteiger partial charge in [-0.15, -0.1) is 0 Å². The quantitative estimate of drug-likeness (QED) is 0.865. The Bertz CT molecular complexity index is 609. The van der Waals surface area contributed by atoms with Crippen molar-refractivity contribution in [2.75, 3.05) is 6.61 Å². The number of hydrogen-bond donors (Lipinski definition) is 1. The zero-order valence-electron chi connectivity index (χ0n) is 11.0. The largest absolute Gasteiger partial charge is 0.489 e. The van der Waals surface area contributed by atoms with Gasteiger partial charge in [0.2, 0.25) is 0 Å². The number of aliphatic hydroxyl groups excluding tert-OH is 1. The lowest BCUT2D eigenvalue weighted by molar-refractivity contribution is 0.300. The minimum atomic E-state index is -0.265. The van der Waals surface area contributed by atoms with Gasteiger partial charge >= 0.3 is 0 Å². The molecular weight excluding hydrogens is 255 g/mol. The predicted molar refractivity (Wildman–Crippen MR) is 75.8 cm³/mol. The second-order valence-corrected chi connectivity index (χ2v) is 4.18. The maximum absolute atomic E-state index is 13.4. The molecule has 0 saturated carbocycles. The maximum Gasteiger partial charge on any atom is 0.129 e. The van der Waals surface area contributed by atoms with Crippen LogP contribution >= 0.6 is 0 Å². The lowest BCUT2D eigenvalue weighted by Gasteiger charge is -2.07. The molecule has 0 aliphatic carbocycles. The van der Waals surface area contributed by atoms with Crippen molar-refractivity contribution >= 4 is 0 Å². The van der Waals surface area contributed by atoms with E-state index in [9.17, 15) is 4.39 Å². The topological polar surface area (TPSA) is 29.5 Å². The van der Waals surface area contributed by atoms with Crippen LogP contribution in [0.3, 0.4) is 0 Å². The Morgan fingerprint density at radius 3 is 2.50 bits per heavy atom. The van der Waals surface area contributed by atoms with E-state index in [0.717, 1.165) is 5.56 Å². The van der Waals surface area contributed by atoms with Crippen molar-refractivity contribution in [3.63, 3.8) is 0 Å². The van der Waals surface area contributed by atoms with Gasteiger partial charge in [-0.25, -0.2) is 4.39 Å². The minimum absolute atomic E-state index is 0.0663. The van der Waals surface area contributed by atoms with Crippen molar-refractivity contribution in [2.24, 2.45) is 0 Å². The van der Waals surface area contributed by atoms with Gasteiger partial charge in [0.25, 0.3) is 0 Å². The molecule has 3 heteroatoms. The average Bonchev–Trinajstić information content (AvgIpc) is 2.48. The van der Waals surface area contributed by atoms with Gasteiger partial charge in [-0.3, -0.25) is 0 Å². The fraction of sp³-hybridized carbons (Fsp3) is 0.176. The van der Waals surface area contributed by atoms with E-state index in [1.807, 2.05) is 12.1 Å². The Balaban J connectivity index is 1.95. The molecule has 0 radical (unpaired) electrons. The van der Waals surface area contributed by atoms with Crippen LogP contribution in [-0.2, 0) is 6.61 Å². The monoisotopic (exact) mass is 270 g/mol. The lowest BCUT2D eigenvalue weighted by atomic mass is 10.2. The van der Waals surface area contributed by atoms with Gasteiger partial charge in [-0.2, -0.15) is 0 Å². The van der Waals surface area contributed by atoms with E-state index in [2.05, 4.69) is 11.8 Å². The maximum atomic E-state index is 13.4. The van der Waals surface area contributed by atoms with Crippen molar-refractivity contribution in [3.8, 4) is 17.6 Å². The molecule has 2 aromatic rings. The smallest absolute Gasteiger partial charge is 0.129 e. The zero-order valence-corrected chi connectivity index (χ0v) is 11.0. The van der Waals surface area contributed by atoms with E-state index in [0.29, 0.717) is 17.7 Å². The summed E-state index contributed by atoms with van der Waals surface area (Å²) in [7, 11) is 0. The van der Waals surface area contributed by atoms with Crippen molar-refractivity contribution in [3.05, 3.63) is 65.5 Å². The first-order chi connectivity index (χ1) is 9.79. The highest BCUT2D eigenvalue weighted by Crippen LogP contribution is 2.15. The van der Waals surface area contributed by atoms with Crippen molar-refractivity contribution in [1.82, 2.24) is 0 Å². The summed E-state index contributed by atoms with van der Waals surface area (Å²) in [6.07, 6.45) is 0.464. The number of ether oxygens (including phenoxy) is 1. The summed E-state index contributed by atoms with van der Waals surface area (Å²) >= 11 is 0. The van der Waals surface area contributed by atoms with Crippen LogP contribution in [0.2, 0.25) is 0 Å². The second-order valence-electron chi connectivity index (χ2n) is 4.18. The summed E-state index contributed by atoms with van der Waals surface area (Å²) in [5.74, 6) is 6.18. The highest BCUT2D eigenvalue weighted by molar-refractivity contribution is 5.38. The van der Waals surface area contributed by atoms with Crippen LogP contribution in [0, 0.1) is 17.7 Å². The number of aliphatic hydroxyl groups is 1. The number of benzene rings is 2. The third-order valence-electron chi connectivity index (χ3n) is 2.68. The lowest BCUT2D eigenvalue weighted by Crippen LogP contribution is -1.98. The van der Waals surface area contributed by atoms with Crippen LogP contribution in [0.5, 0.6) is 5.75 Å². The summed E-state index contributed by atoms with van der Waals surface area (Å²) in [4.78, 5) is 0. The molecule has 0 aliphatic heterocycles. The molecule has 0 atom stereocenters. The summed E-state index contributed by atoms with van der Waals surface area (Å²) in [5.41, 5.74) is 1.39. The first-order valence-electron chi connectivity index (χ1n) is 6.35. The molecule has 0 fully saturated rings. The van der Waals surface area contributed by atoms with Gasteiger partial charge in [-0.05, 0) is 30.3 Å². The van der Waals surface area contributed by atoms with Crippen LogP contribution in [0.1, 0.15) is 17.5 Å². The molecule has 2 aromatic carbocycles. The average molecular weight is 270 g/mol. The molecule has 102 valence electrons. The number of rotatable bonds is 4. The van der Waals surface area contributed by atoms with Gasteiger partial charge in [-0.1, -0.05) is 30.0 Å². The zero-order chi connectivity index (χ0) is 14.2. The van der Waals surface area contributed by atoms with E-state index in [1.54, 1.807) is 30.3 Å². The van der Waals surface area contributed by atoms with Gasteiger partial charge in [0, 0.05) is 17.5 Å². The third kappa shape index (κ3) is 4.11. The fourth-order valence-corrected chi connectivity index (χ4v) is 1.63. The molecule has 0 saturated heterocycles. The van der Waals surface area contributed by atoms with E-state index in [1.165, 1.54) is 6.07 Å². The molecule has 0 aliphatic rings. The van der Waals surface area contributed by atoms with Gasteiger partial charge in [0.05, 0.1) is 6.61 Å². The summed E-state index contributed by atoms with van der Waals surface area (Å²) < 4.78 is 18.9. The van der Waals surface area contributed by atoms with Crippen molar-refractivity contribution < 1.29 is 14.2 Å². The Morgan fingerprint density at radius 1 is 1.05 bits per heavy atom. The van der Waals surface area contributed by atoms with Gasteiger partial charge in [0.1, 0.15) is 18.2 Å². The molecule has 20 heavy (non-hydrogen) atoms. The van der Waals surface area contributed by atoms with E-state index >= 15 is 0 Å².